The van der Waals surface area contributed by atoms with Gasteiger partial charge in [-0.15, -0.1) is 0 Å². The van der Waals surface area contributed by atoms with Crippen LogP contribution in [0.3, 0.4) is 0 Å². The molecule has 6 heteroatoms. The first kappa shape index (κ1) is 17.7. The zero-order chi connectivity index (χ0) is 14.8. The molecule has 0 saturated heterocycles. The minimum atomic E-state index is -0.0910. The minimum Gasteiger partial charge on any atom is -0.352 e. The number of benzene rings is 1. The Bertz CT molecular complexity index is 394. The van der Waals surface area contributed by atoms with Gasteiger partial charge in [0.1, 0.15) is 0 Å². The van der Waals surface area contributed by atoms with Crippen LogP contribution in [0.1, 0.15) is 33.6 Å². The Morgan fingerprint density at radius 3 is 1.45 bits per heavy atom. The number of carbonyl (C=O) groups excluding carboxylic acids is 2. The number of hydrogen-bond acceptors (Lipinski definition) is 2. The van der Waals surface area contributed by atoms with E-state index in [4.69, 9.17) is 0 Å². The molecule has 20 heavy (non-hydrogen) atoms. The number of halogens is 2. The van der Waals surface area contributed by atoms with Crippen molar-refractivity contribution in [2.45, 2.75) is 12.8 Å². The second kappa shape index (κ2) is 10.4. The van der Waals surface area contributed by atoms with Gasteiger partial charge in [-0.05, 0) is 37.1 Å². The van der Waals surface area contributed by atoms with Crippen molar-refractivity contribution < 1.29 is 9.59 Å². The third kappa shape index (κ3) is 6.38. The van der Waals surface area contributed by atoms with Gasteiger partial charge in [-0.25, -0.2) is 0 Å². The normalized spacial score (nSPS) is 10.1. The molecule has 4 nitrogen and oxygen atoms in total. The Morgan fingerprint density at radius 2 is 1.15 bits per heavy atom. The molecule has 2 amide bonds. The van der Waals surface area contributed by atoms with Crippen LogP contribution in [0.25, 0.3) is 0 Å². The first-order valence-corrected chi connectivity index (χ1v) is 9.52. The molecule has 0 aliphatic heterocycles. The van der Waals surface area contributed by atoms with Gasteiger partial charge >= 0.3 is 0 Å². The average Bonchev–Trinajstić information content (AvgIpc) is 2.47. The van der Waals surface area contributed by atoms with Crippen molar-refractivity contribution >= 4 is 57.0 Å². The molecule has 0 unspecified atom stereocenters. The highest BCUT2D eigenvalue weighted by Crippen LogP contribution is 2.05. The molecule has 1 aromatic carbocycles. The van der Waals surface area contributed by atoms with Crippen LogP contribution in [0.15, 0.2) is 24.3 Å². The summed E-state index contributed by atoms with van der Waals surface area (Å²) in [5.74, 6) is -0.182. The topological polar surface area (TPSA) is 58.2 Å². The SMILES string of the molecule is O=C(NCCCI)c1ccc(C(=O)NCCCI)cc1. The molecule has 0 spiro atoms. The standard InChI is InChI=1S/C14H18I2N2O2/c15-7-1-9-17-13(19)11-3-5-12(6-4-11)14(20)18-10-2-8-16/h3-6H,1-2,7-10H2,(H,17,19)(H,18,20). The smallest absolute Gasteiger partial charge is 0.251 e. The number of rotatable bonds is 8. The fraction of sp³-hybridized carbons (Fsp3) is 0.429. The molecule has 0 fully saturated rings. The fourth-order valence-corrected chi connectivity index (χ4v) is 2.28. The second-order valence-electron chi connectivity index (χ2n) is 4.17. The monoisotopic (exact) mass is 500 g/mol. The third-order valence-corrected chi connectivity index (χ3v) is 4.13. The fourth-order valence-electron chi connectivity index (χ4n) is 1.51. The summed E-state index contributed by atoms with van der Waals surface area (Å²) >= 11 is 4.56. The van der Waals surface area contributed by atoms with Crippen molar-refractivity contribution in [2.24, 2.45) is 0 Å². The number of alkyl halides is 2. The van der Waals surface area contributed by atoms with Crippen molar-refractivity contribution in [1.82, 2.24) is 10.6 Å². The van der Waals surface area contributed by atoms with Gasteiger partial charge in [0, 0.05) is 33.1 Å². The largest absolute Gasteiger partial charge is 0.352 e. The van der Waals surface area contributed by atoms with Gasteiger partial charge in [0.2, 0.25) is 0 Å². The Labute approximate surface area is 146 Å². The second-order valence-corrected chi connectivity index (χ2v) is 6.33. The molecule has 0 heterocycles. The van der Waals surface area contributed by atoms with E-state index in [2.05, 4.69) is 55.8 Å². The number of nitrogens with one attached hydrogen (secondary N) is 2. The van der Waals surface area contributed by atoms with Crippen molar-refractivity contribution in [1.29, 1.82) is 0 Å². The van der Waals surface area contributed by atoms with E-state index in [0.29, 0.717) is 24.2 Å². The first-order chi connectivity index (χ1) is 9.69. The van der Waals surface area contributed by atoms with E-state index in [-0.39, 0.29) is 11.8 Å². The summed E-state index contributed by atoms with van der Waals surface area (Å²) < 4.78 is 2.04. The van der Waals surface area contributed by atoms with Gasteiger partial charge in [0.25, 0.3) is 11.8 Å². The molecule has 1 aromatic rings. The maximum atomic E-state index is 11.8. The maximum absolute atomic E-state index is 11.8. The highest BCUT2D eigenvalue weighted by molar-refractivity contribution is 14.1. The van der Waals surface area contributed by atoms with Crippen molar-refractivity contribution in [3.8, 4) is 0 Å². The summed E-state index contributed by atoms with van der Waals surface area (Å²) in [5, 5.41) is 5.69. The van der Waals surface area contributed by atoms with Crippen LogP contribution in [0.5, 0.6) is 0 Å². The quantitative estimate of drug-likeness (QED) is 0.328. The number of carbonyl (C=O) groups is 2. The van der Waals surface area contributed by atoms with Gasteiger partial charge in [-0.3, -0.25) is 9.59 Å². The first-order valence-electron chi connectivity index (χ1n) is 6.47. The van der Waals surface area contributed by atoms with Gasteiger partial charge in [0.15, 0.2) is 0 Å². The minimum absolute atomic E-state index is 0.0910. The van der Waals surface area contributed by atoms with Crippen LogP contribution >= 0.6 is 45.2 Å². The van der Waals surface area contributed by atoms with E-state index in [1.807, 2.05) is 0 Å². The summed E-state index contributed by atoms with van der Waals surface area (Å²) in [6.07, 6.45) is 1.92. The van der Waals surface area contributed by atoms with Crippen LogP contribution in [-0.4, -0.2) is 33.8 Å². The molecular weight excluding hydrogens is 482 g/mol. The van der Waals surface area contributed by atoms with E-state index < -0.39 is 0 Å². The zero-order valence-electron chi connectivity index (χ0n) is 11.1. The van der Waals surface area contributed by atoms with E-state index in [9.17, 15) is 9.59 Å². The summed E-state index contributed by atoms with van der Waals surface area (Å²) in [4.78, 5) is 23.6. The van der Waals surface area contributed by atoms with E-state index in [1.54, 1.807) is 24.3 Å². The average molecular weight is 500 g/mol. The van der Waals surface area contributed by atoms with Crippen LogP contribution in [-0.2, 0) is 0 Å². The molecular formula is C14H18I2N2O2. The molecule has 1 rings (SSSR count). The van der Waals surface area contributed by atoms with E-state index in [0.717, 1.165) is 21.7 Å². The molecule has 0 radical (unpaired) electrons. The Hall–Kier alpha value is -0.380. The third-order valence-electron chi connectivity index (χ3n) is 2.60. The van der Waals surface area contributed by atoms with Crippen molar-refractivity contribution in [3.05, 3.63) is 35.4 Å². The maximum Gasteiger partial charge on any atom is 0.251 e. The van der Waals surface area contributed by atoms with E-state index >= 15 is 0 Å². The number of hydrogen-bond donors (Lipinski definition) is 2. The molecule has 0 saturated carbocycles. The van der Waals surface area contributed by atoms with Crippen LogP contribution in [0.2, 0.25) is 0 Å². The molecule has 110 valence electrons. The van der Waals surface area contributed by atoms with Crippen LogP contribution < -0.4 is 10.6 Å². The summed E-state index contributed by atoms with van der Waals surface area (Å²) in [7, 11) is 0. The van der Waals surface area contributed by atoms with Crippen LogP contribution in [0.4, 0.5) is 0 Å². The number of amides is 2. The lowest BCUT2D eigenvalue weighted by atomic mass is 10.1. The summed E-state index contributed by atoms with van der Waals surface area (Å²) in [6, 6.07) is 6.75. The Kier molecular flexibility index (Phi) is 9.16. The Balaban J connectivity index is 2.50. The lowest BCUT2D eigenvalue weighted by Gasteiger charge is -2.06. The Morgan fingerprint density at radius 1 is 0.800 bits per heavy atom. The van der Waals surface area contributed by atoms with Crippen LogP contribution in [0, 0.1) is 0 Å². The van der Waals surface area contributed by atoms with Gasteiger partial charge in [-0.2, -0.15) is 0 Å². The highest BCUT2D eigenvalue weighted by atomic mass is 127. The molecule has 2 N–H and O–H groups in total. The highest BCUT2D eigenvalue weighted by Gasteiger charge is 2.08. The molecule has 0 aliphatic carbocycles. The lowest BCUT2D eigenvalue weighted by Crippen LogP contribution is -2.26. The van der Waals surface area contributed by atoms with Gasteiger partial charge < -0.3 is 10.6 Å². The van der Waals surface area contributed by atoms with E-state index in [1.165, 1.54) is 0 Å². The summed E-state index contributed by atoms with van der Waals surface area (Å²) in [5.41, 5.74) is 1.17. The van der Waals surface area contributed by atoms with Crippen molar-refractivity contribution in [3.63, 3.8) is 0 Å². The lowest BCUT2D eigenvalue weighted by molar-refractivity contribution is 0.0942. The predicted molar refractivity (Wildman–Crippen MR) is 98.1 cm³/mol. The molecule has 0 aliphatic rings. The molecule has 0 atom stereocenters. The van der Waals surface area contributed by atoms with Gasteiger partial charge in [-0.1, -0.05) is 45.2 Å². The molecule has 0 bridgehead atoms. The summed E-state index contributed by atoms with van der Waals surface area (Å²) in [6.45, 7) is 1.36. The zero-order valence-corrected chi connectivity index (χ0v) is 15.4. The van der Waals surface area contributed by atoms with Gasteiger partial charge in [0.05, 0.1) is 0 Å². The molecule has 0 aromatic heterocycles. The predicted octanol–water partition coefficient (Wildman–Crippen LogP) is 2.80. The van der Waals surface area contributed by atoms with Crippen molar-refractivity contribution in [2.75, 3.05) is 21.9 Å².